The average molecular weight is 329 g/mol. The van der Waals surface area contributed by atoms with Crippen LogP contribution in [0.2, 0.25) is 0 Å². The predicted octanol–water partition coefficient (Wildman–Crippen LogP) is 0.554. The van der Waals surface area contributed by atoms with Crippen LogP contribution in [0.1, 0.15) is 24.8 Å². The maximum absolute atomic E-state index is 12.7. The number of amides is 3. The van der Waals surface area contributed by atoms with E-state index in [1.807, 2.05) is 35.2 Å². The Morgan fingerprint density at radius 1 is 1.21 bits per heavy atom. The molecule has 2 saturated heterocycles. The van der Waals surface area contributed by atoms with E-state index in [0.717, 1.165) is 24.9 Å². The molecular formula is C18H23N3O3. The van der Waals surface area contributed by atoms with Gasteiger partial charge in [-0.15, -0.1) is 0 Å². The summed E-state index contributed by atoms with van der Waals surface area (Å²) in [4.78, 5) is 39.7. The SMILES string of the molecule is NC(=O)[C@H]1CCCN([C@@H]2CC(=O)N(CCc3ccccc3)C2=O)C1. The van der Waals surface area contributed by atoms with Crippen LogP contribution in [-0.2, 0) is 20.8 Å². The highest BCUT2D eigenvalue weighted by atomic mass is 16.2. The Bertz CT molecular complexity index is 632. The number of benzene rings is 1. The summed E-state index contributed by atoms with van der Waals surface area (Å²) in [5.74, 6) is -0.805. The highest BCUT2D eigenvalue weighted by molar-refractivity contribution is 6.05. The number of carbonyl (C=O) groups excluding carboxylic acids is 3. The standard InChI is InChI=1S/C18H23N3O3/c19-17(23)14-7-4-9-20(12-14)15-11-16(22)21(18(15)24)10-8-13-5-2-1-3-6-13/h1-3,5-6,14-15H,4,7-12H2,(H2,19,23)/t14-,15+/m0/s1. The molecule has 0 aromatic heterocycles. The zero-order valence-corrected chi connectivity index (χ0v) is 13.7. The van der Waals surface area contributed by atoms with Crippen LogP contribution in [0.5, 0.6) is 0 Å². The van der Waals surface area contributed by atoms with Gasteiger partial charge in [-0.25, -0.2) is 0 Å². The average Bonchev–Trinajstić information content (AvgIpc) is 2.88. The number of likely N-dealkylation sites (tertiary alicyclic amines) is 2. The quantitative estimate of drug-likeness (QED) is 0.800. The van der Waals surface area contributed by atoms with Gasteiger partial charge in [0.15, 0.2) is 0 Å². The van der Waals surface area contributed by atoms with Crippen molar-refractivity contribution in [3.05, 3.63) is 35.9 Å². The number of primary amides is 1. The van der Waals surface area contributed by atoms with Crippen LogP contribution in [0.25, 0.3) is 0 Å². The number of piperidine rings is 1. The lowest BCUT2D eigenvalue weighted by atomic mass is 9.96. The lowest BCUT2D eigenvalue weighted by Crippen LogP contribution is -2.49. The Morgan fingerprint density at radius 3 is 2.67 bits per heavy atom. The first-order valence-corrected chi connectivity index (χ1v) is 8.48. The Hall–Kier alpha value is -2.21. The summed E-state index contributed by atoms with van der Waals surface area (Å²) in [6.45, 7) is 1.62. The van der Waals surface area contributed by atoms with E-state index in [4.69, 9.17) is 5.73 Å². The highest BCUT2D eigenvalue weighted by Crippen LogP contribution is 2.25. The van der Waals surface area contributed by atoms with Crippen LogP contribution in [0, 0.1) is 5.92 Å². The third-order valence-electron chi connectivity index (χ3n) is 4.98. The Morgan fingerprint density at radius 2 is 1.96 bits per heavy atom. The molecule has 0 radical (unpaired) electrons. The smallest absolute Gasteiger partial charge is 0.247 e. The molecule has 0 unspecified atom stereocenters. The van der Waals surface area contributed by atoms with Gasteiger partial charge in [-0.2, -0.15) is 0 Å². The van der Waals surface area contributed by atoms with Gasteiger partial charge in [-0.1, -0.05) is 30.3 Å². The van der Waals surface area contributed by atoms with E-state index < -0.39 is 6.04 Å². The van der Waals surface area contributed by atoms with E-state index >= 15 is 0 Å². The minimum absolute atomic E-state index is 0.123. The molecular weight excluding hydrogens is 306 g/mol. The van der Waals surface area contributed by atoms with Crippen LogP contribution < -0.4 is 5.73 Å². The maximum Gasteiger partial charge on any atom is 0.247 e. The summed E-state index contributed by atoms with van der Waals surface area (Å²) in [5, 5.41) is 0. The molecule has 2 aliphatic rings. The number of nitrogens with zero attached hydrogens (tertiary/aromatic N) is 2. The van der Waals surface area contributed by atoms with Crippen molar-refractivity contribution >= 4 is 17.7 Å². The van der Waals surface area contributed by atoms with Gasteiger partial charge < -0.3 is 5.73 Å². The number of hydrogen-bond acceptors (Lipinski definition) is 4. The molecule has 6 heteroatoms. The van der Waals surface area contributed by atoms with Crippen molar-refractivity contribution in [2.75, 3.05) is 19.6 Å². The number of rotatable bonds is 5. The summed E-state index contributed by atoms with van der Waals surface area (Å²) in [6, 6.07) is 9.38. The van der Waals surface area contributed by atoms with Crippen LogP contribution in [0.4, 0.5) is 0 Å². The summed E-state index contributed by atoms with van der Waals surface area (Å²) in [5.41, 5.74) is 6.51. The third kappa shape index (κ3) is 3.48. The van der Waals surface area contributed by atoms with Crippen molar-refractivity contribution in [2.24, 2.45) is 11.7 Å². The zero-order valence-electron chi connectivity index (χ0n) is 13.7. The molecule has 2 aliphatic heterocycles. The van der Waals surface area contributed by atoms with E-state index in [9.17, 15) is 14.4 Å². The Labute approximate surface area is 141 Å². The molecule has 0 saturated carbocycles. The number of hydrogen-bond donors (Lipinski definition) is 1. The Kier molecular flexibility index (Phi) is 4.94. The molecule has 24 heavy (non-hydrogen) atoms. The normalized spacial score (nSPS) is 25.2. The molecule has 2 N–H and O–H groups in total. The predicted molar refractivity (Wildman–Crippen MR) is 88.8 cm³/mol. The molecule has 0 spiro atoms. The van der Waals surface area contributed by atoms with Gasteiger partial charge in [0.2, 0.25) is 17.7 Å². The maximum atomic E-state index is 12.7. The molecule has 1 aromatic rings. The largest absolute Gasteiger partial charge is 0.369 e. The fraction of sp³-hybridized carbons (Fsp3) is 0.500. The first-order valence-electron chi connectivity index (χ1n) is 8.48. The number of carbonyl (C=O) groups is 3. The molecule has 128 valence electrons. The molecule has 3 amide bonds. The highest BCUT2D eigenvalue weighted by Gasteiger charge is 2.43. The van der Waals surface area contributed by atoms with E-state index in [1.54, 1.807) is 0 Å². The second kappa shape index (κ2) is 7.13. The fourth-order valence-corrected chi connectivity index (χ4v) is 3.59. The molecule has 0 bridgehead atoms. The molecule has 2 heterocycles. The van der Waals surface area contributed by atoms with Crippen LogP contribution in [0.3, 0.4) is 0 Å². The summed E-state index contributed by atoms with van der Waals surface area (Å²) in [6.07, 6.45) is 2.46. The van der Waals surface area contributed by atoms with Gasteiger partial charge in [0.05, 0.1) is 18.4 Å². The van der Waals surface area contributed by atoms with Gasteiger partial charge >= 0.3 is 0 Å². The van der Waals surface area contributed by atoms with Crippen molar-refractivity contribution in [2.45, 2.75) is 31.7 Å². The van der Waals surface area contributed by atoms with Gasteiger partial charge in [0.25, 0.3) is 0 Å². The zero-order chi connectivity index (χ0) is 17.1. The topological polar surface area (TPSA) is 83.7 Å². The third-order valence-corrected chi connectivity index (χ3v) is 4.98. The Balaban J connectivity index is 1.62. The van der Waals surface area contributed by atoms with Gasteiger partial charge in [0.1, 0.15) is 0 Å². The lowest BCUT2D eigenvalue weighted by molar-refractivity contribution is -0.140. The van der Waals surface area contributed by atoms with E-state index in [0.29, 0.717) is 19.5 Å². The van der Waals surface area contributed by atoms with E-state index in [-0.39, 0.29) is 30.1 Å². The fourth-order valence-electron chi connectivity index (χ4n) is 3.59. The number of nitrogens with two attached hydrogens (primary N) is 1. The summed E-state index contributed by atoms with van der Waals surface area (Å²) >= 11 is 0. The van der Waals surface area contributed by atoms with Crippen LogP contribution in [-0.4, -0.2) is 53.2 Å². The van der Waals surface area contributed by atoms with Crippen LogP contribution >= 0.6 is 0 Å². The monoisotopic (exact) mass is 329 g/mol. The van der Waals surface area contributed by atoms with Gasteiger partial charge in [0, 0.05) is 13.1 Å². The molecule has 2 atom stereocenters. The first kappa shape index (κ1) is 16.6. The van der Waals surface area contributed by atoms with E-state index in [2.05, 4.69) is 0 Å². The minimum atomic E-state index is -0.435. The molecule has 2 fully saturated rings. The number of imide groups is 1. The van der Waals surface area contributed by atoms with Crippen molar-refractivity contribution < 1.29 is 14.4 Å². The second-order valence-corrected chi connectivity index (χ2v) is 6.58. The van der Waals surface area contributed by atoms with Crippen molar-refractivity contribution in [1.82, 2.24) is 9.80 Å². The van der Waals surface area contributed by atoms with Crippen molar-refractivity contribution in [3.63, 3.8) is 0 Å². The summed E-state index contributed by atoms with van der Waals surface area (Å²) in [7, 11) is 0. The molecule has 3 rings (SSSR count). The van der Waals surface area contributed by atoms with Crippen molar-refractivity contribution in [1.29, 1.82) is 0 Å². The van der Waals surface area contributed by atoms with Gasteiger partial charge in [-0.05, 0) is 31.4 Å². The molecule has 0 aliphatic carbocycles. The second-order valence-electron chi connectivity index (χ2n) is 6.58. The van der Waals surface area contributed by atoms with Crippen LogP contribution in [0.15, 0.2) is 30.3 Å². The minimum Gasteiger partial charge on any atom is -0.369 e. The molecule has 6 nitrogen and oxygen atoms in total. The van der Waals surface area contributed by atoms with E-state index in [1.165, 1.54) is 4.90 Å². The lowest BCUT2D eigenvalue weighted by Gasteiger charge is -2.34. The summed E-state index contributed by atoms with van der Waals surface area (Å²) < 4.78 is 0. The first-order chi connectivity index (χ1) is 11.6. The molecule has 1 aromatic carbocycles. The van der Waals surface area contributed by atoms with Gasteiger partial charge in [-0.3, -0.25) is 24.2 Å². The van der Waals surface area contributed by atoms with Crippen molar-refractivity contribution in [3.8, 4) is 0 Å².